The van der Waals surface area contributed by atoms with Gasteiger partial charge in [-0.25, -0.2) is 4.39 Å². The Morgan fingerprint density at radius 1 is 1.33 bits per heavy atom. The van der Waals surface area contributed by atoms with Crippen LogP contribution in [0, 0.1) is 5.82 Å². The van der Waals surface area contributed by atoms with Gasteiger partial charge in [0.15, 0.2) is 0 Å². The van der Waals surface area contributed by atoms with Crippen LogP contribution in [0.2, 0.25) is 0 Å². The standard InChI is InChI=1S/C13H15FN2OS/c14-10-6-4-9(5-7-10)13(17)16-8-2-1-3-11(16)12(15)18/h4-7,11H,1-3,8H2,(H2,15,18). The van der Waals surface area contributed by atoms with E-state index in [1.165, 1.54) is 24.3 Å². The fourth-order valence-corrected chi connectivity index (χ4v) is 2.47. The van der Waals surface area contributed by atoms with E-state index in [-0.39, 0.29) is 17.8 Å². The molecule has 1 heterocycles. The molecule has 2 rings (SSSR count). The average molecular weight is 266 g/mol. The van der Waals surface area contributed by atoms with Crippen LogP contribution in [0.5, 0.6) is 0 Å². The number of likely N-dealkylation sites (tertiary alicyclic amines) is 1. The number of halogens is 1. The summed E-state index contributed by atoms with van der Waals surface area (Å²) in [4.78, 5) is 14.4. The molecule has 96 valence electrons. The molecule has 2 N–H and O–H groups in total. The van der Waals surface area contributed by atoms with Crippen molar-refractivity contribution in [3.8, 4) is 0 Å². The van der Waals surface area contributed by atoms with E-state index >= 15 is 0 Å². The van der Waals surface area contributed by atoms with Crippen LogP contribution in [0.15, 0.2) is 24.3 Å². The van der Waals surface area contributed by atoms with Gasteiger partial charge in [0, 0.05) is 12.1 Å². The number of nitrogens with two attached hydrogens (primary N) is 1. The van der Waals surface area contributed by atoms with Gasteiger partial charge in [0.05, 0.1) is 11.0 Å². The Hall–Kier alpha value is -1.49. The van der Waals surface area contributed by atoms with Crippen molar-refractivity contribution in [2.75, 3.05) is 6.54 Å². The second-order valence-electron chi connectivity index (χ2n) is 4.42. The van der Waals surface area contributed by atoms with Gasteiger partial charge in [0.25, 0.3) is 5.91 Å². The highest BCUT2D eigenvalue weighted by atomic mass is 32.1. The molecule has 0 aromatic heterocycles. The summed E-state index contributed by atoms with van der Waals surface area (Å²) in [7, 11) is 0. The van der Waals surface area contributed by atoms with E-state index in [1.807, 2.05) is 0 Å². The number of benzene rings is 1. The Labute approximate surface area is 111 Å². The number of hydrogen-bond acceptors (Lipinski definition) is 2. The Morgan fingerprint density at radius 3 is 2.61 bits per heavy atom. The lowest BCUT2D eigenvalue weighted by molar-refractivity contribution is 0.0681. The number of piperidine rings is 1. The van der Waals surface area contributed by atoms with E-state index in [1.54, 1.807) is 4.90 Å². The molecule has 0 radical (unpaired) electrons. The maximum atomic E-state index is 12.8. The highest BCUT2D eigenvalue weighted by Gasteiger charge is 2.29. The highest BCUT2D eigenvalue weighted by Crippen LogP contribution is 2.20. The van der Waals surface area contributed by atoms with Crippen molar-refractivity contribution < 1.29 is 9.18 Å². The van der Waals surface area contributed by atoms with Gasteiger partial charge < -0.3 is 10.6 Å². The van der Waals surface area contributed by atoms with Crippen molar-refractivity contribution >= 4 is 23.1 Å². The van der Waals surface area contributed by atoms with Gasteiger partial charge >= 0.3 is 0 Å². The minimum Gasteiger partial charge on any atom is -0.392 e. The molecule has 0 spiro atoms. The first-order valence-electron chi connectivity index (χ1n) is 5.95. The first-order chi connectivity index (χ1) is 8.59. The number of amides is 1. The van der Waals surface area contributed by atoms with Gasteiger partial charge in [-0.1, -0.05) is 12.2 Å². The van der Waals surface area contributed by atoms with Gasteiger partial charge in [-0.15, -0.1) is 0 Å². The molecule has 0 aliphatic carbocycles. The first-order valence-corrected chi connectivity index (χ1v) is 6.36. The number of nitrogens with zero attached hydrogens (tertiary/aromatic N) is 1. The summed E-state index contributed by atoms with van der Waals surface area (Å²) in [5.74, 6) is -0.483. The number of thiocarbonyl (C=S) groups is 1. The van der Waals surface area contributed by atoms with E-state index in [4.69, 9.17) is 18.0 Å². The minimum atomic E-state index is -0.351. The summed E-state index contributed by atoms with van der Waals surface area (Å²) in [5.41, 5.74) is 6.15. The molecule has 1 saturated heterocycles. The smallest absolute Gasteiger partial charge is 0.254 e. The lowest BCUT2D eigenvalue weighted by Gasteiger charge is -2.35. The van der Waals surface area contributed by atoms with E-state index < -0.39 is 0 Å². The Balaban J connectivity index is 2.20. The molecule has 1 amide bonds. The van der Waals surface area contributed by atoms with Crippen molar-refractivity contribution in [2.24, 2.45) is 5.73 Å². The molecule has 18 heavy (non-hydrogen) atoms. The molecule has 1 fully saturated rings. The van der Waals surface area contributed by atoms with E-state index in [0.29, 0.717) is 17.1 Å². The topological polar surface area (TPSA) is 46.3 Å². The zero-order chi connectivity index (χ0) is 13.1. The van der Waals surface area contributed by atoms with Crippen LogP contribution in [0.3, 0.4) is 0 Å². The molecular formula is C13H15FN2OS. The van der Waals surface area contributed by atoms with Crippen molar-refractivity contribution in [2.45, 2.75) is 25.3 Å². The number of hydrogen-bond donors (Lipinski definition) is 1. The van der Waals surface area contributed by atoms with Gasteiger partial charge in [0.2, 0.25) is 0 Å². The zero-order valence-electron chi connectivity index (χ0n) is 9.93. The van der Waals surface area contributed by atoms with Crippen LogP contribution < -0.4 is 5.73 Å². The third-order valence-electron chi connectivity index (χ3n) is 3.18. The minimum absolute atomic E-state index is 0.132. The van der Waals surface area contributed by atoms with E-state index in [9.17, 15) is 9.18 Å². The summed E-state index contributed by atoms with van der Waals surface area (Å²) in [6.45, 7) is 0.651. The lowest BCUT2D eigenvalue weighted by Crippen LogP contribution is -2.49. The van der Waals surface area contributed by atoms with Crippen LogP contribution in [0.4, 0.5) is 4.39 Å². The number of rotatable bonds is 2. The Morgan fingerprint density at radius 2 is 2.00 bits per heavy atom. The second kappa shape index (κ2) is 5.44. The molecule has 1 aromatic carbocycles. The lowest BCUT2D eigenvalue weighted by atomic mass is 10.0. The molecule has 0 bridgehead atoms. The summed E-state index contributed by atoms with van der Waals surface area (Å²) < 4.78 is 12.8. The molecule has 1 aromatic rings. The molecule has 1 atom stereocenters. The molecule has 0 saturated carbocycles. The Bertz CT molecular complexity index is 461. The van der Waals surface area contributed by atoms with Crippen LogP contribution in [-0.4, -0.2) is 28.4 Å². The van der Waals surface area contributed by atoms with Gasteiger partial charge in [-0.3, -0.25) is 4.79 Å². The summed E-state index contributed by atoms with van der Waals surface area (Å²) >= 11 is 5.01. The summed E-state index contributed by atoms with van der Waals surface area (Å²) in [6.07, 6.45) is 2.78. The zero-order valence-corrected chi connectivity index (χ0v) is 10.8. The maximum absolute atomic E-state index is 12.8. The van der Waals surface area contributed by atoms with E-state index in [0.717, 1.165) is 19.3 Å². The molecule has 1 unspecified atom stereocenters. The predicted octanol–water partition coefficient (Wildman–Crippen LogP) is 2.11. The predicted molar refractivity (Wildman–Crippen MR) is 71.9 cm³/mol. The molecule has 5 heteroatoms. The third kappa shape index (κ3) is 2.67. The van der Waals surface area contributed by atoms with Crippen LogP contribution in [0.25, 0.3) is 0 Å². The molecule has 3 nitrogen and oxygen atoms in total. The van der Waals surface area contributed by atoms with E-state index in [2.05, 4.69) is 0 Å². The van der Waals surface area contributed by atoms with Crippen molar-refractivity contribution in [1.29, 1.82) is 0 Å². The average Bonchev–Trinajstić information content (AvgIpc) is 2.39. The van der Waals surface area contributed by atoms with Crippen molar-refractivity contribution in [1.82, 2.24) is 4.90 Å². The molecule has 1 aliphatic heterocycles. The van der Waals surface area contributed by atoms with Gasteiger partial charge in [-0.05, 0) is 43.5 Å². The molecule has 1 aliphatic rings. The van der Waals surface area contributed by atoms with Crippen molar-refractivity contribution in [3.05, 3.63) is 35.6 Å². The SMILES string of the molecule is NC(=S)C1CCCCN1C(=O)c1ccc(F)cc1. The fraction of sp³-hybridized carbons (Fsp3) is 0.385. The van der Waals surface area contributed by atoms with Crippen LogP contribution in [-0.2, 0) is 0 Å². The second-order valence-corrected chi connectivity index (χ2v) is 4.89. The largest absolute Gasteiger partial charge is 0.392 e. The fourth-order valence-electron chi connectivity index (χ4n) is 2.23. The first kappa shape index (κ1) is 13.0. The molecular weight excluding hydrogens is 251 g/mol. The highest BCUT2D eigenvalue weighted by molar-refractivity contribution is 7.80. The van der Waals surface area contributed by atoms with Crippen molar-refractivity contribution in [3.63, 3.8) is 0 Å². The number of carbonyl (C=O) groups is 1. The third-order valence-corrected chi connectivity index (χ3v) is 3.46. The van der Waals surface area contributed by atoms with Crippen LogP contribution >= 0.6 is 12.2 Å². The van der Waals surface area contributed by atoms with Crippen LogP contribution in [0.1, 0.15) is 29.6 Å². The normalized spacial score (nSPS) is 19.6. The Kier molecular flexibility index (Phi) is 3.91. The monoisotopic (exact) mass is 266 g/mol. The van der Waals surface area contributed by atoms with Gasteiger partial charge in [0.1, 0.15) is 5.82 Å². The van der Waals surface area contributed by atoms with Gasteiger partial charge in [-0.2, -0.15) is 0 Å². The quantitative estimate of drug-likeness (QED) is 0.834. The maximum Gasteiger partial charge on any atom is 0.254 e. The summed E-state index contributed by atoms with van der Waals surface area (Å²) in [6, 6.07) is 5.37. The summed E-state index contributed by atoms with van der Waals surface area (Å²) in [5, 5.41) is 0. The number of carbonyl (C=O) groups excluding carboxylic acids is 1.